The number of rotatable bonds is 4. The van der Waals surface area contributed by atoms with Gasteiger partial charge in [-0.25, -0.2) is 13.2 Å². The standard InChI is InChI=1S/C19H17F3N2O2/c20-10-11-3-1-4-12(9-11)13-7-8-23-18(25)16(13)19(26)24-15-6-2-5-14(21)17(15)22/h1-6,9,13,16H,7-8,10H2,(H,23,25)(H,24,26). The van der Waals surface area contributed by atoms with Crippen molar-refractivity contribution in [1.82, 2.24) is 5.32 Å². The van der Waals surface area contributed by atoms with Crippen LogP contribution in [0, 0.1) is 17.6 Å². The van der Waals surface area contributed by atoms with E-state index in [2.05, 4.69) is 10.6 Å². The largest absolute Gasteiger partial charge is 0.355 e. The highest BCUT2D eigenvalue weighted by atomic mass is 19.2. The highest BCUT2D eigenvalue weighted by Crippen LogP contribution is 2.33. The summed E-state index contributed by atoms with van der Waals surface area (Å²) < 4.78 is 40.1. The molecule has 2 atom stereocenters. The van der Waals surface area contributed by atoms with Gasteiger partial charge >= 0.3 is 0 Å². The van der Waals surface area contributed by atoms with E-state index in [1.165, 1.54) is 12.1 Å². The minimum atomic E-state index is -1.19. The second kappa shape index (κ2) is 7.59. The molecule has 0 radical (unpaired) electrons. The Hall–Kier alpha value is -2.83. The number of hydrogen-bond donors (Lipinski definition) is 2. The normalized spacial score (nSPS) is 19.7. The van der Waals surface area contributed by atoms with Gasteiger partial charge in [0.1, 0.15) is 12.6 Å². The van der Waals surface area contributed by atoms with Gasteiger partial charge in [0.15, 0.2) is 11.6 Å². The Kier molecular flexibility index (Phi) is 5.25. The molecule has 1 saturated heterocycles. The van der Waals surface area contributed by atoms with E-state index >= 15 is 0 Å². The van der Waals surface area contributed by atoms with E-state index in [-0.39, 0.29) is 5.69 Å². The summed E-state index contributed by atoms with van der Waals surface area (Å²) in [5.74, 6) is -5.12. The van der Waals surface area contributed by atoms with Crippen LogP contribution in [0.1, 0.15) is 23.5 Å². The number of piperidine rings is 1. The summed E-state index contributed by atoms with van der Waals surface area (Å²) in [6.45, 7) is -0.278. The number of alkyl halides is 1. The van der Waals surface area contributed by atoms with Gasteiger partial charge in [0.25, 0.3) is 0 Å². The zero-order valence-electron chi connectivity index (χ0n) is 13.8. The van der Waals surface area contributed by atoms with Crippen molar-refractivity contribution in [3.63, 3.8) is 0 Å². The monoisotopic (exact) mass is 362 g/mol. The smallest absolute Gasteiger partial charge is 0.237 e. The molecular formula is C19H17F3N2O2. The van der Waals surface area contributed by atoms with Crippen LogP contribution in [0.15, 0.2) is 42.5 Å². The number of carbonyl (C=O) groups excluding carboxylic acids is 2. The van der Waals surface area contributed by atoms with Crippen LogP contribution in [0.5, 0.6) is 0 Å². The van der Waals surface area contributed by atoms with E-state index in [9.17, 15) is 22.8 Å². The highest BCUT2D eigenvalue weighted by Gasteiger charge is 2.38. The van der Waals surface area contributed by atoms with E-state index in [0.717, 1.165) is 6.07 Å². The maximum Gasteiger partial charge on any atom is 0.237 e. The van der Waals surface area contributed by atoms with Gasteiger partial charge in [0, 0.05) is 12.5 Å². The van der Waals surface area contributed by atoms with Crippen molar-refractivity contribution in [1.29, 1.82) is 0 Å². The molecule has 1 heterocycles. The Labute approximate surface area is 148 Å². The molecule has 0 spiro atoms. The van der Waals surface area contributed by atoms with Crippen molar-refractivity contribution in [3.05, 3.63) is 65.2 Å². The maximum absolute atomic E-state index is 13.8. The van der Waals surface area contributed by atoms with Gasteiger partial charge < -0.3 is 10.6 Å². The lowest BCUT2D eigenvalue weighted by atomic mass is 9.79. The molecule has 1 fully saturated rings. The second-order valence-corrected chi connectivity index (χ2v) is 6.13. The number of nitrogens with one attached hydrogen (secondary N) is 2. The first-order chi connectivity index (χ1) is 12.5. The third kappa shape index (κ3) is 3.56. The summed E-state index contributed by atoms with van der Waals surface area (Å²) in [5, 5.41) is 4.90. The lowest BCUT2D eigenvalue weighted by molar-refractivity contribution is -0.135. The van der Waals surface area contributed by atoms with Crippen molar-refractivity contribution >= 4 is 17.5 Å². The zero-order chi connectivity index (χ0) is 18.7. The number of halogens is 3. The fourth-order valence-corrected chi connectivity index (χ4v) is 3.19. The molecule has 0 saturated carbocycles. The molecule has 26 heavy (non-hydrogen) atoms. The molecule has 136 valence electrons. The third-order valence-electron chi connectivity index (χ3n) is 4.46. The van der Waals surface area contributed by atoms with Crippen LogP contribution >= 0.6 is 0 Å². The zero-order valence-corrected chi connectivity index (χ0v) is 13.8. The molecule has 1 aliphatic rings. The minimum absolute atomic E-state index is 0.329. The van der Waals surface area contributed by atoms with Crippen LogP contribution in [-0.4, -0.2) is 18.4 Å². The van der Waals surface area contributed by atoms with Gasteiger partial charge in [-0.05, 0) is 29.7 Å². The SMILES string of the molecule is O=C1NCCC(c2cccc(CF)c2)C1C(=O)Nc1cccc(F)c1F. The van der Waals surface area contributed by atoms with E-state index in [0.29, 0.717) is 24.1 Å². The third-order valence-corrected chi connectivity index (χ3v) is 4.46. The highest BCUT2D eigenvalue weighted by molar-refractivity contribution is 6.07. The predicted molar refractivity (Wildman–Crippen MR) is 90.1 cm³/mol. The molecule has 0 aliphatic carbocycles. The fourth-order valence-electron chi connectivity index (χ4n) is 3.19. The molecule has 2 unspecified atom stereocenters. The molecule has 4 nitrogen and oxygen atoms in total. The first kappa shape index (κ1) is 18.0. The van der Waals surface area contributed by atoms with Crippen molar-refractivity contribution in [3.8, 4) is 0 Å². The summed E-state index contributed by atoms with van der Waals surface area (Å²) in [6.07, 6.45) is 0.477. The van der Waals surface area contributed by atoms with Crippen molar-refractivity contribution in [2.75, 3.05) is 11.9 Å². The first-order valence-corrected chi connectivity index (χ1v) is 8.18. The van der Waals surface area contributed by atoms with Crippen molar-refractivity contribution < 1.29 is 22.8 Å². The minimum Gasteiger partial charge on any atom is -0.355 e. The number of hydrogen-bond acceptors (Lipinski definition) is 2. The van der Waals surface area contributed by atoms with E-state index < -0.39 is 42.0 Å². The van der Waals surface area contributed by atoms with Crippen LogP contribution < -0.4 is 10.6 Å². The van der Waals surface area contributed by atoms with Crippen LogP contribution in [0.2, 0.25) is 0 Å². The quantitative estimate of drug-likeness (QED) is 0.820. The van der Waals surface area contributed by atoms with Crippen molar-refractivity contribution in [2.45, 2.75) is 19.0 Å². The van der Waals surface area contributed by atoms with Gasteiger partial charge in [-0.2, -0.15) is 0 Å². The molecule has 2 aromatic rings. The number of amides is 2. The summed E-state index contributed by atoms with van der Waals surface area (Å²) in [6, 6.07) is 10.0. The molecule has 2 aromatic carbocycles. The second-order valence-electron chi connectivity index (χ2n) is 6.13. The topological polar surface area (TPSA) is 58.2 Å². The molecule has 3 rings (SSSR count). The van der Waals surface area contributed by atoms with Crippen LogP contribution in [-0.2, 0) is 16.3 Å². The average Bonchev–Trinajstić information content (AvgIpc) is 2.65. The van der Waals surface area contributed by atoms with Crippen LogP contribution in [0.4, 0.5) is 18.9 Å². The lowest BCUT2D eigenvalue weighted by Gasteiger charge is -2.30. The van der Waals surface area contributed by atoms with Gasteiger partial charge in [-0.3, -0.25) is 9.59 Å². The molecular weight excluding hydrogens is 345 g/mol. The van der Waals surface area contributed by atoms with Gasteiger partial charge in [-0.15, -0.1) is 0 Å². The summed E-state index contributed by atoms with van der Waals surface area (Å²) in [7, 11) is 0. The number of anilines is 1. The Morgan fingerprint density at radius 1 is 1.19 bits per heavy atom. The van der Waals surface area contributed by atoms with Gasteiger partial charge in [0.05, 0.1) is 5.69 Å². The number of carbonyl (C=O) groups is 2. The van der Waals surface area contributed by atoms with Crippen LogP contribution in [0.25, 0.3) is 0 Å². The lowest BCUT2D eigenvalue weighted by Crippen LogP contribution is -2.46. The van der Waals surface area contributed by atoms with Crippen LogP contribution in [0.3, 0.4) is 0 Å². The molecule has 2 N–H and O–H groups in total. The Bertz CT molecular complexity index is 841. The average molecular weight is 362 g/mol. The predicted octanol–water partition coefficient (Wildman–Crippen LogP) is 3.29. The van der Waals surface area contributed by atoms with E-state index in [4.69, 9.17) is 0 Å². The molecule has 0 bridgehead atoms. The Balaban J connectivity index is 1.89. The van der Waals surface area contributed by atoms with E-state index in [1.54, 1.807) is 24.3 Å². The summed E-state index contributed by atoms with van der Waals surface area (Å²) in [5.41, 5.74) is 0.781. The summed E-state index contributed by atoms with van der Waals surface area (Å²) in [4.78, 5) is 24.9. The molecule has 0 aromatic heterocycles. The van der Waals surface area contributed by atoms with E-state index in [1.807, 2.05) is 0 Å². The Morgan fingerprint density at radius 2 is 1.96 bits per heavy atom. The fraction of sp³-hybridized carbons (Fsp3) is 0.263. The number of benzene rings is 2. The van der Waals surface area contributed by atoms with Gasteiger partial charge in [0.2, 0.25) is 11.8 Å². The maximum atomic E-state index is 13.8. The summed E-state index contributed by atoms with van der Waals surface area (Å²) >= 11 is 0. The molecule has 7 heteroatoms. The first-order valence-electron chi connectivity index (χ1n) is 8.18. The van der Waals surface area contributed by atoms with Crippen molar-refractivity contribution in [2.24, 2.45) is 5.92 Å². The molecule has 2 amide bonds. The Morgan fingerprint density at radius 3 is 2.73 bits per heavy atom. The molecule has 1 aliphatic heterocycles. The van der Waals surface area contributed by atoms with Gasteiger partial charge in [-0.1, -0.05) is 30.3 Å².